The van der Waals surface area contributed by atoms with E-state index in [1.165, 1.54) is 0 Å². The molecule has 2 N–H and O–H groups in total. The molecule has 2 aromatic rings. The fourth-order valence-electron chi connectivity index (χ4n) is 2.91. The van der Waals surface area contributed by atoms with Gasteiger partial charge in [0.1, 0.15) is 12.6 Å². The van der Waals surface area contributed by atoms with Crippen LogP contribution in [0.2, 0.25) is 0 Å². The Morgan fingerprint density at radius 2 is 1.36 bits per heavy atom. The maximum atomic E-state index is 13.1. The number of carbonyl (C=O) groups is 3. The lowest BCUT2D eigenvalue weighted by Crippen LogP contribution is -2.54. The summed E-state index contributed by atoms with van der Waals surface area (Å²) in [6, 6.07) is 17.4. The van der Waals surface area contributed by atoms with E-state index in [1.807, 2.05) is 60.7 Å². The SMILES string of the molecule is CC(C)OC(=O)C(NC(=O)[C@H](Cc1ccccc1)NC(=O)OCc1ccccc1)OC(C)C. The van der Waals surface area contributed by atoms with E-state index in [0.29, 0.717) is 0 Å². The van der Waals surface area contributed by atoms with E-state index in [-0.39, 0.29) is 25.2 Å². The second-order valence-corrected chi connectivity index (χ2v) is 8.01. The van der Waals surface area contributed by atoms with Crippen molar-refractivity contribution in [1.29, 1.82) is 0 Å². The number of esters is 1. The molecule has 0 heterocycles. The van der Waals surface area contributed by atoms with Gasteiger partial charge in [0.2, 0.25) is 12.1 Å². The average Bonchev–Trinajstić information content (AvgIpc) is 2.77. The summed E-state index contributed by atoms with van der Waals surface area (Å²) < 4.78 is 16.0. The molecule has 0 aliphatic carbocycles. The third-order valence-electron chi connectivity index (χ3n) is 4.35. The molecule has 0 aliphatic rings. The summed E-state index contributed by atoms with van der Waals surface area (Å²) in [7, 11) is 0. The second-order valence-electron chi connectivity index (χ2n) is 8.01. The first kappa shape index (κ1) is 25.9. The quantitative estimate of drug-likeness (QED) is 0.397. The van der Waals surface area contributed by atoms with Gasteiger partial charge in [-0.3, -0.25) is 4.79 Å². The third-order valence-corrected chi connectivity index (χ3v) is 4.35. The summed E-state index contributed by atoms with van der Waals surface area (Å²) in [5, 5.41) is 5.14. The fraction of sp³-hybridized carbons (Fsp3) is 0.400. The Morgan fingerprint density at radius 3 is 1.91 bits per heavy atom. The van der Waals surface area contributed by atoms with Crippen LogP contribution in [-0.2, 0) is 36.8 Å². The molecule has 0 saturated heterocycles. The van der Waals surface area contributed by atoms with Gasteiger partial charge in [-0.2, -0.15) is 0 Å². The van der Waals surface area contributed by atoms with Crippen molar-refractivity contribution in [2.24, 2.45) is 0 Å². The molecule has 0 radical (unpaired) electrons. The number of hydrogen-bond acceptors (Lipinski definition) is 6. The van der Waals surface area contributed by atoms with Crippen molar-refractivity contribution in [3.8, 4) is 0 Å². The van der Waals surface area contributed by atoms with Gasteiger partial charge in [-0.1, -0.05) is 60.7 Å². The number of carbonyl (C=O) groups excluding carboxylic acids is 3. The van der Waals surface area contributed by atoms with Crippen molar-refractivity contribution in [2.75, 3.05) is 0 Å². The number of alkyl carbamates (subject to hydrolysis) is 1. The van der Waals surface area contributed by atoms with Crippen LogP contribution in [0.3, 0.4) is 0 Å². The Hall–Kier alpha value is -3.39. The molecular weight excluding hydrogens is 424 g/mol. The normalized spacial score (nSPS) is 12.7. The van der Waals surface area contributed by atoms with E-state index in [4.69, 9.17) is 14.2 Å². The lowest BCUT2D eigenvalue weighted by Gasteiger charge is -2.24. The highest BCUT2D eigenvalue weighted by atomic mass is 16.6. The second kappa shape index (κ2) is 13.2. The molecule has 0 aliphatic heterocycles. The standard InChI is InChI=1S/C25H32N2O6/c1-17(2)32-23(24(29)33-18(3)4)27-22(28)21(15-19-11-7-5-8-12-19)26-25(30)31-16-20-13-9-6-10-14-20/h5-14,17-18,21,23H,15-16H2,1-4H3,(H,26,30)(H,27,28)/t21-,23?/m0/s1. The van der Waals surface area contributed by atoms with Crippen molar-refractivity contribution in [2.45, 2.75) is 65.2 Å². The third kappa shape index (κ3) is 9.74. The minimum atomic E-state index is -1.31. The van der Waals surface area contributed by atoms with E-state index >= 15 is 0 Å². The zero-order chi connectivity index (χ0) is 24.2. The summed E-state index contributed by atoms with van der Waals surface area (Å²) in [5.74, 6) is -1.31. The zero-order valence-electron chi connectivity index (χ0n) is 19.4. The number of rotatable bonds is 11. The van der Waals surface area contributed by atoms with E-state index < -0.39 is 30.2 Å². The Morgan fingerprint density at radius 1 is 0.788 bits per heavy atom. The molecule has 33 heavy (non-hydrogen) atoms. The van der Waals surface area contributed by atoms with Gasteiger partial charge in [0, 0.05) is 6.42 Å². The summed E-state index contributed by atoms with van der Waals surface area (Å²) in [5.41, 5.74) is 1.64. The largest absolute Gasteiger partial charge is 0.460 e. The lowest BCUT2D eigenvalue weighted by atomic mass is 10.1. The summed E-state index contributed by atoms with van der Waals surface area (Å²) in [6.45, 7) is 6.94. The Kier molecular flexibility index (Phi) is 10.4. The molecule has 2 atom stereocenters. The van der Waals surface area contributed by atoms with Crippen molar-refractivity contribution in [1.82, 2.24) is 10.6 Å². The zero-order valence-corrected chi connectivity index (χ0v) is 19.4. The average molecular weight is 457 g/mol. The lowest BCUT2D eigenvalue weighted by molar-refractivity contribution is -0.168. The van der Waals surface area contributed by atoms with Gasteiger partial charge >= 0.3 is 12.1 Å². The van der Waals surface area contributed by atoms with Crippen LogP contribution in [0.25, 0.3) is 0 Å². The molecule has 8 nitrogen and oxygen atoms in total. The topological polar surface area (TPSA) is 103 Å². The first-order chi connectivity index (χ1) is 15.7. The molecule has 2 amide bonds. The summed E-state index contributed by atoms with van der Waals surface area (Å²) in [6.07, 6.45) is -2.58. The first-order valence-corrected chi connectivity index (χ1v) is 10.9. The first-order valence-electron chi connectivity index (χ1n) is 10.9. The molecular formula is C25H32N2O6. The molecule has 2 aromatic carbocycles. The van der Waals surface area contributed by atoms with E-state index in [9.17, 15) is 14.4 Å². The van der Waals surface area contributed by atoms with Gasteiger partial charge in [-0.15, -0.1) is 0 Å². The smallest absolute Gasteiger partial charge is 0.408 e. The number of benzene rings is 2. The van der Waals surface area contributed by atoms with Gasteiger partial charge in [-0.05, 0) is 38.8 Å². The van der Waals surface area contributed by atoms with Gasteiger partial charge in [0.15, 0.2) is 0 Å². The van der Waals surface area contributed by atoms with Crippen LogP contribution in [-0.4, -0.2) is 42.4 Å². The van der Waals surface area contributed by atoms with Crippen LogP contribution in [0, 0.1) is 0 Å². The minimum absolute atomic E-state index is 0.0617. The number of hydrogen-bond donors (Lipinski definition) is 2. The molecule has 8 heteroatoms. The van der Waals surface area contributed by atoms with Crippen LogP contribution in [0.1, 0.15) is 38.8 Å². The maximum Gasteiger partial charge on any atom is 0.408 e. The van der Waals surface area contributed by atoms with Crippen LogP contribution >= 0.6 is 0 Å². The van der Waals surface area contributed by atoms with Crippen LogP contribution in [0.4, 0.5) is 4.79 Å². The molecule has 178 valence electrons. The van der Waals surface area contributed by atoms with Gasteiger partial charge in [0.25, 0.3) is 0 Å². The van der Waals surface area contributed by atoms with Crippen molar-refractivity contribution >= 4 is 18.0 Å². The predicted octanol–water partition coefficient (Wildman–Crippen LogP) is 3.34. The van der Waals surface area contributed by atoms with Crippen molar-refractivity contribution < 1.29 is 28.6 Å². The van der Waals surface area contributed by atoms with E-state index in [1.54, 1.807) is 27.7 Å². The number of ether oxygens (including phenoxy) is 3. The summed E-state index contributed by atoms with van der Waals surface area (Å²) in [4.78, 5) is 37.9. The fourth-order valence-corrected chi connectivity index (χ4v) is 2.91. The molecule has 0 bridgehead atoms. The molecule has 2 rings (SSSR count). The van der Waals surface area contributed by atoms with Gasteiger partial charge in [0.05, 0.1) is 12.2 Å². The number of amides is 2. The predicted molar refractivity (Wildman–Crippen MR) is 123 cm³/mol. The highest BCUT2D eigenvalue weighted by molar-refractivity contribution is 5.89. The Bertz CT molecular complexity index is 886. The minimum Gasteiger partial charge on any atom is -0.460 e. The van der Waals surface area contributed by atoms with Gasteiger partial charge in [-0.25, -0.2) is 9.59 Å². The van der Waals surface area contributed by atoms with E-state index in [0.717, 1.165) is 11.1 Å². The molecule has 1 unspecified atom stereocenters. The van der Waals surface area contributed by atoms with Crippen molar-refractivity contribution in [3.05, 3.63) is 71.8 Å². The highest BCUT2D eigenvalue weighted by Gasteiger charge is 2.30. The molecule has 0 spiro atoms. The highest BCUT2D eigenvalue weighted by Crippen LogP contribution is 2.07. The van der Waals surface area contributed by atoms with Crippen molar-refractivity contribution in [3.63, 3.8) is 0 Å². The summed E-state index contributed by atoms with van der Waals surface area (Å²) >= 11 is 0. The van der Waals surface area contributed by atoms with Crippen LogP contribution in [0.5, 0.6) is 0 Å². The molecule has 0 fully saturated rings. The monoisotopic (exact) mass is 456 g/mol. The van der Waals surface area contributed by atoms with Crippen LogP contribution < -0.4 is 10.6 Å². The Balaban J connectivity index is 2.10. The van der Waals surface area contributed by atoms with Gasteiger partial charge < -0.3 is 24.8 Å². The number of nitrogens with one attached hydrogen (secondary N) is 2. The van der Waals surface area contributed by atoms with Crippen LogP contribution in [0.15, 0.2) is 60.7 Å². The molecule has 0 aromatic heterocycles. The maximum absolute atomic E-state index is 13.1. The van der Waals surface area contributed by atoms with E-state index in [2.05, 4.69) is 10.6 Å². The molecule has 0 saturated carbocycles. The Labute approximate surface area is 194 Å².